The molecule has 0 N–H and O–H groups in total. The summed E-state index contributed by atoms with van der Waals surface area (Å²) in [6.07, 6.45) is 2.80. The monoisotopic (exact) mass is 227 g/mol. The first-order chi connectivity index (χ1) is 8.20. The molecule has 0 bridgehead atoms. The summed E-state index contributed by atoms with van der Waals surface area (Å²) >= 11 is 0. The molecule has 0 atom stereocenters. The highest BCUT2D eigenvalue weighted by Gasteiger charge is 2.10. The lowest BCUT2D eigenvalue weighted by molar-refractivity contribution is 0.0993. The Labute approximate surface area is 99.7 Å². The van der Waals surface area contributed by atoms with Crippen LogP contribution in [0.5, 0.6) is 0 Å². The van der Waals surface area contributed by atoms with Gasteiger partial charge in [-0.15, -0.1) is 0 Å². The van der Waals surface area contributed by atoms with Crippen LogP contribution in [0.4, 0.5) is 0 Å². The predicted octanol–water partition coefficient (Wildman–Crippen LogP) is 2.26. The van der Waals surface area contributed by atoms with Crippen molar-refractivity contribution < 1.29 is 9.59 Å². The highest BCUT2D eigenvalue weighted by Crippen LogP contribution is 2.10. The van der Waals surface area contributed by atoms with E-state index in [1.54, 1.807) is 23.9 Å². The molecule has 2 aromatic rings. The van der Waals surface area contributed by atoms with E-state index in [4.69, 9.17) is 0 Å². The van der Waals surface area contributed by atoms with Crippen LogP contribution in [0.25, 0.3) is 0 Å². The Bertz CT molecular complexity index is 541. The van der Waals surface area contributed by atoms with Crippen LogP contribution in [0.3, 0.4) is 0 Å². The van der Waals surface area contributed by atoms with Crippen LogP contribution in [0.15, 0.2) is 42.6 Å². The SMILES string of the molecule is Cn1cc(C(=O)Cc2ccccc2)cc1C=O. The van der Waals surface area contributed by atoms with Gasteiger partial charge in [0.25, 0.3) is 0 Å². The molecule has 0 amide bonds. The Balaban J connectivity index is 2.17. The van der Waals surface area contributed by atoms with Gasteiger partial charge in [-0.1, -0.05) is 30.3 Å². The van der Waals surface area contributed by atoms with Gasteiger partial charge in [0, 0.05) is 25.2 Å². The number of Topliss-reactive ketones (excluding diaryl/α,β-unsaturated/α-hetero) is 1. The fourth-order valence-electron chi connectivity index (χ4n) is 1.73. The highest BCUT2D eigenvalue weighted by atomic mass is 16.1. The van der Waals surface area contributed by atoms with Gasteiger partial charge in [0.1, 0.15) is 0 Å². The Morgan fingerprint density at radius 3 is 2.59 bits per heavy atom. The number of nitrogens with zero attached hydrogens (tertiary/aromatic N) is 1. The lowest BCUT2D eigenvalue weighted by Crippen LogP contribution is -2.02. The number of carbonyl (C=O) groups excluding carboxylic acids is 2. The van der Waals surface area contributed by atoms with Crippen molar-refractivity contribution in [3.63, 3.8) is 0 Å². The van der Waals surface area contributed by atoms with Crippen LogP contribution < -0.4 is 0 Å². The zero-order chi connectivity index (χ0) is 12.3. The summed E-state index contributed by atoms with van der Waals surface area (Å²) in [5, 5.41) is 0. The van der Waals surface area contributed by atoms with Crippen LogP contribution in [0, 0.1) is 0 Å². The van der Waals surface area contributed by atoms with Crippen molar-refractivity contribution in [1.29, 1.82) is 0 Å². The van der Waals surface area contributed by atoms with Crippen LogP contribution in [-0.2, 0) is 13.5 Å². The van der Waals surface area contributed by atoms with Crippen molar-refractivity contribution in [2.45, 2.75) is 6.42 Å². The lowest BCUT2D eigenvalue weighted by Gasteiger charge is -1.98. The molecule has 86 valence electrons. The molecule has 0 saturated carbocycles. The minimum atomic E-state index is 0.0277. The van der Waals surface area contributed by atoms with Gasteiger partial charge in [-0.05, 0) is 11.6 Å². The Morgan fingerprint density at radius 1 is 1.29 bits per heavy atom. The Morgan fingerprint density at radius 2 is 2.00 bits per heavy atom. The van der Waals surface area contributed by atoms with Gasteiger partial charge in [-0.3, -0.25) is 9.59 Å². The van der Waals surface area contributed by atoms with Crippen LogP contribution in [0.2, 0.25) is 0 Å². The van der Waals surface area contributed by atoms with Crippen LogP contribution in [-0.4, -0.2) is 16.6 Å². The molecule has 3 nitrogen and oxygen atoms in total. The summed E-state index contributed by atoms with van der Waals surface area (Å²) in [5.41, 5.74) is 2.08. The van der Waals surface area contributed by atoms with Crippen molar-refractivity contribution in [2.75, 3.05) is 0 Å². The van der Waals surface area contributed by atoms with Crippen molar-refractivity contribution >= 4 is 12.1 Å². The summed E-state index contributed by atoms with van der Waals surface area (Å²) < 4.78 is 1.66. The zero-order valence-corrected chi connectivity index (χ0v) is 9.59. The third-order valence-corrected chi connectivity index (χ3v) is 2.69. The van der Waals surface area contributed by atoms with E-state index in [9.17, 15) is 9.59 Å². The topological polar surface area (TPSA) is 39.1 Å². The standard InChI is InChI=1S/C14H13NO2/c1-15-9-12(8-13(15)10-16)14(17)7-11-5-3-2-4-6-11/h2-6,8-10H,7H2,1H3. The van der Waals surface area contributed by atoms with Gasteiger partial charge in [0.15, 0.2) is 12.1 Å². The molecule has 1 aromatic carbocycles. The Hall–Kier alpha value is -2.16. The van der Waals surface area contributed by atoms with Crippen molar-refractivity contribution in [3.05, 3.63) is 59.4 Å². The zero-order valence-electron chi connectivity index (χ0n) is 9.59. The van der Waals surface area contributed by atoms with Crippen LogP contribution >= 0.6 is 0 Å². The van der Waals surface area contributed by atoms with E-state index in [-0.39, 0.29) is 5.78 Å². The van der Waals surface area contributed by atoms with E-state index in [2.05, 4.69) is 0 Å². The number of hydrogen-bond donors (Lipinski definition) is 0. The normalized spacial score (nSPS) is 10.2. The van der Waals surface area contributed by atoms with E-state index >= 15 is 0 Å². The van der Waals surface area contributed by atoms with Gasteiger partial charge >= 0.3 is 0 Å². The maximum Gasteiger partial charge on any atom is 0.168 e. The van der Waals surface area contributed by atoms with E-state index in [1.807, 2.05) is 30.3 Å². The first-order valence-electron chi connectivity index (χ1n) is 5.39. The van der Waals surface area contributed by atoms with Gasteiger partial charge in [-0.25, -0.2) is 0 Å². The molecule has 0 saturated heterocycles. The third kappa shape index (κ3) is 2.50. The quantitative estimate of drug-likeness (QED) is 0.593. The fourth-order valence-corrected chi connectivity index (χ4v) is 1.73. The number of ketones is 1. The second-order valence-corrected chi connectivity index (χ2v) is 3.97. The number of rotatable bonds is 4. The molecule has 2 rings (SSSR count). The molecule has 0 aliphatic carbocycles. The number of benzene rings is 1. The molecule has 0 aliphatic heterocycles. The minimum absolute atomic E-state index is 0.0277. The van der Waals surface area contributed by atoms with Crippen molar-refractivity contribution in [2.24, 2.45) is 7.05 Å². The van der Waals surface area contributed by atoms with Gasteiger partial charge in [-0.2, -0.15) is 0 Å². The summed E-state index contributed by atoms with van der Waals surface area (Å²) in [4.78, 5) is 22.7. The number of aryl methyl sites for hydroxylation is 1. The summed E-state index contributed by atoms with van der Waals surface area (Å²) in [6.45, 7) is 0. The summed E-state index contributed by atoms with van der Waals surface area (Å²) in [5.74, 6) is 0.0277. The number of aldehydes is 1. The van der Waals surface area contributed by atoms with Crippen molar-refractivity contribution in [3.8, 4) is 0 Å². The number of carbonyl (C=O) groups is 2. The average Bonchev–Trinajstić information content (AvgIpc) is 2.72. The lowest BCUT2D eigenvalue weighted by atomic mass is 10.1. The Kier molecular flexibility index (Phi) is 3.19. The van der Waals surface area contributed by atoms with Gasteiger partial charge in [0.05, 0.1) is 5.69 Å². The van der Waals surface area contributed by atoms with E-state index in [0.29, 0.717) is 17.7 Å². The largest absolute Gasteiger partial charge is 0.348 e. The third-order valence-electron chi connectivity index (χ3n) is 2.69. The van der Waals surface area contributed by atoms with E-state index in [1.165, 1.54) is 0 Å². The number of aromatic nitrogens is 1. The van der Waals surface area contributed by atoms with Gasteiger partial charge in [0.2, 0.25) is 0 Å². The fraction of sp³-hybridized carbons (Fsp3) is 0.143. The number of hydrogen-bond acceptors (Lipinski definition) is 2. The molecule has 3 heteroatoms. The van der Waals surface area contributed by atoms with Crippen molar-refractivity contribution in [1.82, 2.24) is 4.57 Å². The summed E-state index contributed by atoms with van der Waals surface area (Å²) in [7, 11) is 1.75. The molecule has 0 aliphatic rings. The van der Waals surface area contributed by atoms with Gasteiger partial charge < -0.3 is 4.57 Å². The minimum Gasteiger partial charge on any atom is -0.348 e. The second-order valence-electron chi connectivity index (χ2n) is 3.97. The molecule has 0 radical (unpaired) electrons. The highest BCUT2D eigenvalue weighted by molar-refractivity contribution is 5.98. The summed E-state index contributed by atoms with van der Waals surface area (Å²) in [6, 6.07) is 11.2. The maximum absolute atomic E-state index is 12.0. The maximum atomic E-state index is 12.0. The average molecular weight is 227 g/mol. The second kappa shape index (κ2) is 4.78. The molecular formula is C14H13NO2. The van der Waals surface area contributed by atoms with E-state index in [0.717, 1.165) is 11.8 Å². The molecule has 1 heterocycles. The molecule has 1 aromatic heterocycles. The molecule has 0 unspecified atom stereocenters. The predicted molar refractivity (Wildman–Crippen MR) is 65.3 cm³/mol. The first kappa shape index (κ1) is 11.3. The van der Waals surface area contributed by atoms with E-state index < -0.39 is 0 Å². The molecule has 17 heavy (non-hydrogen) atoms. The molecule has 0 spiro atoms. The first-order valence-corrected chi connectivity index (χ1v) is 5.39. The smallest absolute Gasteiger partial charge is 0.168 e. The molecule has 0 fully saturated rings. The molecular weight excluding hydrogens is 214 g/mol. The van der Waals surface area contributed by atoms with Crippen LogP contribution in [0.1, 0.15) is 26.4 Å².